The Morgan fingerprint density at radius 1 is 1.57 bits per heavy atom. The average Bonchev–Trinajstić information content (AvgIpc) is 2.94. The summed E-state index contributed by atoms with van der Waals surface area (Å²) in [5.74, 6) is -0.853. The van der Waals surface area contributed by atoms with Gasteiger partial charge in [-0.25, -0.2) is 4.79 Å². The second-order valence-electron chi connectivity index (χ2n) is 5.87. The molecule has 1 aliphatic carbocycles. The molecule has 2 rings (SSSR count). The molecular formula is C14H22N4O3. The summed E-state index contributed by atoms with van der Waals surface area (Å²) in [4.78, 5) is 23.3. The van der Waals surface area contributed by atoms with Crippen LogP contribution in [0.4, 0.5) is 4.79 Å². The van der Waals surface area contributed by atoms with Gasteiger partial charge in [-0.15, -0.1) is 0 Å². The molecule has 7 heteroatoms. The van der Waals surface area contributed by atoms with Gasteiger partial charge in [-0.05, 0) is 26.7 Å². The Hall–Kier alpha value is -2.05. The smallest absolute Gasteiger partial charge is 0.315 e. The number of nitrogens with zero attached hydrogens (tertiary/aromatic N) is 2. The van der Waals surface area contributed by atoms with Crippen molar-refractivity contribution < 1.29 is 14.7 Å². The van der Waals surface area contributed by atoms with E-state index in [1.165, 1.54) is 0 Å². The predicted octanol–water partition coefficient (Wildman–Crippen LogP) is 1.17. The summed E-state index contributed by atoms with van der Waals surface area (Å²) in [7, 11) is 1.84. The zero-order chi connectivity index (χ0) is 15.6. The SMILES string of the molecule is Cc1c(CNC(=O)NC2CCCC2(C)C(=O)O)cnn1C. The van der Waals surface area contributed by atoms with Crippen molar-refractivity contribution in [2.75, 3.05) is 0 Å². The highest BCUT2D eigenvalue weighted by molar-refractivity contribution is 5.79. The lowest BCUT2D eigenvalue weighted by atomic mass is 9.85. The molecule has 116 valence electrons. The van der Waals surface area contributed by atoms with Gasteiger partial charge in [0.1, 0.15) is 0 Å². The van der Waals surface area contributed by atoms with E-state index < -0.39 is 11.4 Å². The molecule has 2 unspecified atom stereocenters. The van der Waals surface area contributed by atoms with E-state index in [0.717, 1.165) is 17.7 Å². The molecule has 0 aromatic carbocycles. The van der Waals surface area contributed by atoms with Crippen LogP contribution in [0.15, 0.2) is 6.20 Å². The van der Waals surface area contributed by atoms with E-state index in [2.05, 4.69) is 15.7 Å². The van der Waals surface area contributed by atoms with Crippen molar-refractivity contribution in [2.24, 2.45) is 12.5 Å². The average molecular weight is 294 g/mol. The number of hydrogen-bond acceptors (Lipinski definition) is 3. The molecule has 1 fully saturated rings. The maximum absolute atomic E-state index is 12.0. The molecule has 7 nitrogen and oxygen atoms in total. The molecule has 0 spiro atoms. The van der Waals surface area contributed by atoms with Gasteiger partial charge in [-0.3, -0.25) is 9.48 Å². The second-order valence-corrected chi connectivity index (χ2v) is 5.87. The van der Waals surface area contributed by atoms with E-state index in [4.69, 9.17) is 0 Å². The quantitative estimate of drug-likeness (QED) is 0.776. The van der Waals surface area contributed by atoms with E-state index >= 15 is 0 Å². The molecule has 0 saturated heterocycles. The van der Waals surface area contributed by atoms with Gasteiger partial charge in [-0.1, -0.05) is 6.42 Å². The van der Waals surface area contributed by atoms with Crippen LogP contribution in [-0.2, 0) is 18.4 Å². The normalized spacial score (nSPS) is 24.8. The van der Waals surface area contributed by atoms with Gasteiger partial charge in [0.2, 0.25) is 0 Å². The minimum absolute atomic E-state index is 0.329. The fraction of sp³-hybridized carbons (Fsp3) is 0.643. The number of rotatable bonds is 4. The van der Waals surface area contributed by atoms with Crippen molar-refractivity contribution in [3.8, 4) is 0 Å². The monoisotopic (exact) mass is 294 g/mol. The molecule has 3 N–H and O–H groups in total. The summed E-state index contributed by atoms with van der Waals surface area (Å²) >= 11 is 0. The van der Waals surface area contributed by atoms with Gasteiger partial charge in [0, 0.05) is 30.9 Å². The van der Waals surface area contributed by atoms with Gasteiger partial charge >= 0.3 is 12.0 Å². The van der Waals surface area contributed by atoms with Crippen LogP contribution >= 0.6 is 0 Å². The Morgan fingerprint density at radius 2 is 2.29 bits per heavy atom. The Kier molecular flexibility index (Phi) is 4.20. The van der Waals surface area contributed by atoms with Crippen LogP contribution in [0.2, 0.25) is 0 Å². The lowest BCUT2D eigenvalue weighted by molar-refractivity contribution is -0.148. The zero-order valence-electron chi connectivity index (χ0n) is 12.6. The highest BCUT2D eigenvalue weighted by atomic mass is 16.4. The first-order valence-corrected chi connectivity index (χ1v) is 7.10. The first-order valence-electron chi connectivity index (χ1n) is 7.10. The zero-order valence-corrected chi connectivity index (χ0v) is 12.6. The number of aryl methyl sites for hydroxylation is 1. The summed E-state index contributed by atoms with van der Waals surface area (Å²) in [6.45, 7) is 4.00. The van der Waals surface area contributed by atoms with Gasteiger partial charge in [-0.2, -0.15) is 5.10 Å². The van der Waals surface area contributed by atoms with E-state index in [-0.39, 0.29) is 12.1 Å². The summed E-state index contributed by atoms with van der Waals surface area (Å²) in [5.41, 5.74) is 1.06. The van der Waals surface area contributed by atoms with Crippen molar-refractivity contribution in [1.82, 2.24) is 20.4 Å². The van der Waals surface area contributed by atoms with E-state index in [0.29, 0.717) is 19.4 Å². The van der Waals surface area contributed by atoms with Crippen molar-refractivity contribution >= 4 is 12.0 Å². The number of carboxylic acid groups (broad SMARTS) is 1. The first-order chi connectivity index (χ1) is 9.84. The van der Waals surface area contributed by atoms with Crippen LogP contribution < -0.4 is 10.6 Å². The minimum atomic E-state index is -0.873. The van der Waals surface area contributed by atoms with Crippen molar-refractivity contribution in [3.63, 3.8) is 0 Å². The maximum atomic E-state index is 12.0. The molecular weight excluding hydrogens is 272 g/mol. The second kappa shape index (κ2) is 5.75. The standard InChI is InChI=1S/C14H22N4O3/c1-9-10(8-16-18(9)3)7-15-13(21)17-11-5-4-6-14(11,2)12(19)20/h8,11H,4-7H2,1-3H3,(H,19,20)(H2,15,17,21). The summed E-state index contributed by atoms with van der Waals surface area (Å²) in [6.07, 6.45) is 3.82. The lowest BCUT2D eigenvalue weighted by Gasteiger charge is -2.27. The Labute approximate surface area is 123 Å². The Morgan fingerprint density at radius 3 is 2.86 bits per heavy atom. The van der Waals surface area contributed by atoms with Gasteiger partial charge in [0.15, 0.2) is 0 Å². The first kappa shape index (κ1) is 15.3. The fourth-order valence-electron chi connectivity index (χ4n) is 2.76. The molecule has 0 radical (unpaired) electrons. The molecule has 1 aromatic heterocycles. The molecule has 1 saturated carbocycles. The molecule has 1 aromatic rings. The number of urea groups is 1. The third-order valence-corrected chi connectivity index (χ3v) is 4.53. The third-order valence-electron chi connectivity index (χ3n) is 4.53. The van der Waals surface area contributed by atoms with Crippen LogP contribution in [-0.4, -0.2) is 32.9 Å². The van der Waals surface area contributed by atoms with Crippen LogP contribution in [0, 0.1) is 12.3 Å². The number of nitrogens with one attached hydrogen (secondary N) is 2. The number of carbonyl (C=O) groups excluding carboxylic acids is 1. The highest BCUT2D eigenvalue weighted by Crippen LogP contribution is 2.38. The number of hydrogen-bond donors (Lipinski definition) is 3. The summed E-state index contributed by atoms with van der Waals surface area (Å²) in [6, 6.07) is -0.664. The van der Waals surface area contributed by atoms with E-state index in [9.17, 15) is 14.7 Å². The number of amides is 2. The van der Waals surface area contributed by atoms with Gasteiger partial charge in [0.25, 0.3) is 0 Å². The number of carboxylic acids is 1. The van der Waals surface area contributed by atoms with Crippen LogP contribution in [0.25, 0.3) is 0 Å². The minimum Gasteiger partial charge on any atom is -0.481 e. The third kappa shape index (κ3) is 3.01. The van der Waals surface area contributed by atoms with Crippen molar-refractivity contribution in [2.45, 2.75) is 45.7 Å². The largest absolute Gasteiger partial charge is 0.481 e. The lowest BCUT2D eigenvalue weighted by Crippen LogP contribution is -2.50. The van der Waals surface area contributed by atoms with Crippen LogP contribution in [0.3, 0.4) is 0 Å². The Bertz CT molecular complexity index is 554. The molecule has 2 atom stereocenters. The fourth-order valence-corrected chi connectivity index (χ4v) is 2.76. The maximum Gasteiger partial charge on any atom is 0.315 e. The molecule has 0 bridgehead atoms. The van der Waals surface area contributed by atoms with Crippen molar-refractivity contribution in [1.29, 1.82) is 0 Å². The Balaban J connectivity index is 1.90. The predicted molar refractivity (Wildman–Crippen MR) is 76.7 cm³/mol. The molecule has 1 aliphatic rings. The summed E-state index contributed by atoms with van der Waals surface area (Å²) < 4.78 is 1.74. The summed E-state index contributed by atoms with van der Waals surface area (Å²) in [5, 5.41) is 19.0. The van der Waals surface area contributed by atoms with Crippen LogP contribution in [0.5, 0.6) is 0 Å². The van der Waals surface area contributed by atoms with Crippen LogP contribution in [0.1, 0.15) is 37.4 Å². The van der Waals surface area contributed by atoms with E-state index in [1.807, 2.05) is 14.0 Å². The van der Waals surface area contributed by atoms with Gasteiger partial charge < -0.3 is 15.7 Å². The molecule has 0 aliphatic heterocycles. The van der Waals surface area contributed by atoms with Gasteiger partial charge in [0.05, 0.1) is 11.6 Å². The van der Waals surface area contributed by atoms with E-state index in [1.54, 1.807) is 17.8 Å². The topological polar surface area (TPSA) is 96.2 Å². The number of carbonyl (C=O) groups is 2. The van der Waals surface area contributed by atoms with Crippen molar-refractivity contribution in [3.05, 3.63) is 17.5 Å². The molecule has 1 heterocycles. The highest BCUT2D eigenvalue weighted by Gasteiger charge is 2.45. The molecule has 21 heavy (non-hydrogen) atoms. The number of aromatic nitrogens is 2. The molecule has 2 amide bonds. The number of aliphatic carboxylic acids is 1.